The van der Waals surface area contributed by atoms with Crippen LogP contribution in [0.2, 0.25) is 0 Å². The molecule has 0 amide bonds. The van der Waals surface area contributed by atoms with Crippen molar-refractivity contribution in [2.24, 2.45) is 0 Å². The normalized spacial score (nSPS) is 9.88. The van der Waals surface area contributed by atoms with Crippen LogP contribution in [-0.2, 0) is 0 Å². The highest BCUT2D eigenvalue weighted by molar-refractivity contribution is 5.46. The molecule has 0 saturated carbocycles. The summed E-state index contributed by atoms with van der Waals surface area (Å²) in [5, 5.41) is 0. The van der Waals surface area contributed by atoms with Crippen molar-refractivity contribution < 1.29 is 18.6 Å². The van der Waals surface area contributed by atoms with Gasteiger partial charge in [0.2, 0.25) is 0 Å². The van der Waals surface area contributed by atoms with Gasteiger partial charge in [-0.25, -0.2) is 0 Å². The van der Waals surface area contributed by atoms with E-state index in [0.717, 1.165) is 0 Å². The molecule has 0 fully saturated rings. The molecule has 0 aliphatic rings. The second-order valence-electron chi connectivity index (χ2n) is 3.02. The smallest absolute Gasteiger partial charge is 0.173 e. The van der Waals surface area contributed by atoms with Crippen molar-refractivity contribution in [1.82, 2.24) is 0 Å². The van der Waals surface area contributed by atoms with E-state index < -0.39 is 0 Å². The van der Waals surface area contributed by atoms with Crippen molar-refractivity contribution in [2.75, 3.05) is 14.2 Å². The fourth-order valence-corrected chi connectivity index (χ4v) is 1.29. The van der Waals surface area contributed by atoms with Gasteiger partial charge in [-0.15, -0.1) is 0 Å². The summed E-state index contributed by atoms with van der Waals surface area (Å²) in [6, 6.07) is 6.91. The molecule has 16 heavy (non-hydrogen) atoms. The van der Waals surface area contributed by atoms with Gasteiger partial charge >= 0.3 is 0 Å². The molecule has 0 saturated heterocycles. The van der Waals surface area contributed by atoms with Gasteiger partial charge in [0.15, 0.2) is 23.5 Å². The molecule has 0 unspecified atom stereocenters. The minimum atomic E-state index is 0.590. The lowest BCUT2D eigenvalue weighted by molar-refractivity contribution is 0.352. The van der Waals surface area contributed by atoms with Crippen LogP contribution >= 0.6 is 0 Å². The summed E-state index contributed by atoms with van der Waals surface area (Å²) in [6.45, 7) is 0. The lowest BCUT2D eigenvalue weighted by Crippen LogP contribution is -1.91. The van der Waals surface area contributed by atoms with Gasteiger partial charge in [0.1, 0.15) is 12.0 Å². The summed E-state index contributed by atoms with van der Waals surface area (Å²) in [5.41, 5.74) is 0. The van der Waals surface area contributed by atoms with E-state index in [4.69, 9.17) is 18.6 Å². The lowest BCUT2D eigenvalue weighted by atomic mass is 10.3. The van der Waals surface area contributed by atoms with Gasteiger partial charge in [0.05, 0.1) is 14.2 Å². The van der Waals surface area contributed by atoms with Crippen LogP contribution in [0.25, 0.3) is 0 Å². The summed E-state index contributed by atoms with van der Waals surface area (Å²) in [7, 11) is 3.16. The molecule has 4 heteroatoms. The first-order chi connectivity index (χ1) is 7.83. The Bertz CT molecular complexity index is 448. The Morgan fingerprint density at radius 1 is 1.06 bits per heavy atom. The van der Waals surface area contributed by atoms with Crippen LogP contribution in [-0.4, -0.2) is 14.2 Å². The topological polar surface area (TPSA) is 40.8 Å². The first kappa shape index (κ1) is 10.4. The number of hydrogen-bond acceptors (Lipinski definition) is 4. The maximum absolute atomic E-state index is 5.50. The molecular weight excluding hydrogens is 208 g/mol. The molecule has 0 aliphatic carbocycles. The van der Waals surface area contributed by atoms with Crippen LogP contribution in [0.4, 0.5) is 0 Å². The van der Waals surface area contributed by atoms with Crippen molar-refractivity contribution in [3.63, 3.8) is 0 Å². The number of ether oxygens (including phenoxy) is 3. The lowest BCUT2D eigenvalue weighted by Gasteiger charge is -2.09. The van der Waals surface area contributed by atoms with Crippen LogP contribution in [0.15, 0.2) is 34.9 Å². The Hall–Kier alpha value is -2.10. The van der Waals surface area contributed by atoms with E-state index in [0.29, 0.717) is 23.0 Å². The molecular formula is C12H11O4. The van der Waals surface area contributed by atoms with E-state index in [1.807, 2.05) is 0 Å². The minimum absolute atomic E-state index is 0.590. The summed E-state index contributed by atoms with van der Waals surface area (Å²) in [5.74, 6) is 2.51. The standard InChI is InChI=1S/C12H11O4/c1-13-11-4-3-9(7-12(11)14-2)16-10-5-6-15-8-10/h3-5,7-8H,1-2H3. The molecule has 0 atom stereocenters. The molecule has 1 aromatic carbocycles. The van der Waals surface area contributed by atoms with Gasteiger partial charge in [-0.2, -0.15) is 0 Å². The molecule has 1 heterocycles. The maximum Gasteiger partial charge on any atom is 0.173 e. The fraction of sp³-hybridized carbons (Fsp3) is 0.167. The van der Waals surface area contributed by atoms with Crippen molar-refractivity contribution >= 4 is 0 Å². The molecule has 1 radical (unpaired) electrons. The highest BCUT2D eigenvalue weighted by Gasteiger charge is 2.06. The van der Waals surface area contributed by atoms with Crippen LogP contribution in [0.3, 0.4) is 0 Å². The Balaban J connectivity index is 2.22. The largest absolute Gasteiger partial charge is 0.493 e. The predicted octanol–water partition coefficient (Wildman–Crippen LogP) is 2.89. The predicted molar refractivity (Wildman–Crippen MR) is 57.2 cm³/mol. The second-order valence-corrected chi connectivity index (χ2v) is 3.02. The Labute approximate surface area is 93.4 Å². The van der Waals surface area contributed by atoms with Crippen molar-refractivity contribution in [3.8, 4) is 23.0 Å². The Morgan fingerprint density at radius 3 is 2.50 bits per heavy atom. The first-order valence-corrected chi connectivity index (χ1v) is 4.68. The molecule has 0 bridgehead atoms. The summed E-state index contributed by atoms with van der Waals surface area (Å²) in [6.07, 6.45) is 4.01. The number of rotatable bonds is 4. The van der Waals surface area contributed by atoms with E-state index in [-0.39, 0.29) is 0 Å². The molecule has 1 aromatic heterocycles. The van der Waals surface area contributed by atoms with Gasteiger partial charge in [-0.05, 0) is 12.1 Å². The third-order valence-electron chi connectivity index (χ3n) is 2.04. The molecule has 2 rings (SSSR count). The van der Waals surface area contributed by atoms with Gasteiger partial charge in [0, 0.05) is 12.1 Å². The van der Waals surface area contributed by atoms with Crippen molar-refractivity contribution in [1.29, 1.82) is 0 Å². The fourth-order valence-electron chi connectivity index (χ4n) is 1.29. The SMILES string of the molecule is COc1ccc(Oc2c[c]oc2)cc1OC. The second kappa shape index (κ2) is 4.61. The molecule has 0 N–H and O–H groups in total. The highest BCUT2D eigenvalue weighted by atomic mass is 16.5. The van der Waals surface area contributed by atoms with Gasteiger partial charge in [0.25, 0.3) is 0 Å². The summed E-state index contributed by atoms with van der Waals surface area (Å²) < 4.78 is 20.6. The average molecular weight is 219 g/mol. The van der Waals surface area contributed by atoms with Gasteiger partial charge in [-0.3, -0.25) is 0 Å². The zero-order valence-electron chi connectivity index (χ0n) is 9.02. The van der Waals surface area contributed by atoms with Crippen LogP contribution < -0.4 is 14.2 Å². The summed E-state index contributed by atoms with van der Waals surface area (Å²) in [4.78, 5) is 0. The zero-order valence-corrected chi connectivity index (χ0v) is 9.02. The Morgan fingerprint density at radius 2 is 1.88 bits per heavy atom. The van der Waals surface area contributed by atoms with Gasteiger partial charge in [-0.1, -0.05) is 0 Å². The van der Waals surface area contributed by atoms with E-state index in [1.54, 1.807) is 38.5 Å². The molecule has 2 aromatic rings. The van der Waals surface area contributed by atoms with Crippen LogP contribution in [0, 0.1) is 6.26 Å². The highest BCUT2D eigenvalue weighted by Crippen LogP contribution is 2.32. The average Bonchev–Trinajstić information content (AvgIpc) is 2.81. The Kier molecular flexibility index (Phi) is 3.00. The third kappa shape index (κ3) is 2.11. The summed E-state index contributed by atoms with van der Waals surface area (Å²) >= 11 is 0. The molecule has 4 nitrogen and oxygen atoms in total. The molecule has 0 aliphatic heterocycles. The van der Waals surface area contributed by atoms with E-state index in [2.05, 4.69) is 6.26 Å². The number of furan rings is 1. The van der Waals surface area contributed by atoms with Gasteiger partial charge < -0.3 is 18.6 Å². The number of methoxy groups -OCH3 is 2. The number of benzene rings is 1. The quantitative estimate of drug-likeness (QED) is 0.792. The minimum Gasteiger partial charge on any atom is -0.493 e. The number of hydrogen-bond donors (Lipinski definition) is 0. The van der Waals surface area contributed by atoms with Crippen molar-refractivity contribution in [2.45, 2.75) is 0 Å². The molecule has 83 valence electrons. The monoisotopic (exact) mass is 219 g/mol. The van der Waals surface area contributed by atoms with Crippen LogP contribution in [0.5, 0.6) is 23.0 Å². The van der Waals surface area contributed by atoms with E-state index in [1.165, 1.54) is 6.26 Å². The first-order valence-electron chi connectivity index (χ1n) is 4.68. The third-order valence-corrected chi connectivity index (χ3v) is 2.04. The van der Waals surface area contributed by atoms with E-state index in [9.17, 15) is 0 Å². The van der Waals surface area contributed by atoms with Crippen molar-refractivity contribution in [3.05, 3.63) is 36.8 Å². The van der Waals surface area contributed by atoms with E-state index >= 15 is 0 Å². The van der Waals surface area contributed by atoms with Crippen LogP contribution in [0.1, 0.15) is 0 Å². The maximum atomic E-state index is 5.50. The molecule has 0 spiro atoms. The zero-order chi connectivity index (χ0) is 11.4.